The number of benzene rings is 2. The molecule has 2 aromatic rings. The molecule has 0 fully saturated rings. The fraction of sp³-hybridized carbons (Fsp3) is 0.263. The third-order valence-corrected chi connectivity index (χ3v) is 3.51. The third-order valence-electron chi connectivity index (χ3n) is 3.26. The molecule has 2 rings (SSSR count). The summed E-state index contributed by atoms with van der Waals surface area (Å²) in [5, 5.41) is 6.06. The Morgan fingerprint density at radius 3 is 2.46 bits per heavy atom. The first-order chi connectivity index (χ1) is 11.6. The van der Waals surface area contributed by atoms with Crippen molar-refractivity contribution in [1.29, 1.82) is 0 Å². The summed E-state index contributed by atoms with van der Waals surface area (Å²) in [4.78, 5) is 12.4. The molecule has 0 bridgehead atoms. The van der Waals surface area contributed by atoms with Gasteiger partial charge in [0.1, 0.15) is 5.75 Å². The highest BCUT2D eigenvalue weighted by atomic mass is 32.1. The van der Waals surface area contributed by atoms with Gasteiger partial charge in [0.2, 0.25) is 0 Å². The number of thiocarbonyl (C=S) groups is 1. The Morgan fingerprint density at radius 2 is 1.75 bits per heavy atom. The fourth-order valence-corrected chi connectivity index (χ4v) is 2.39. The summed E-state index contributed by atoms with van der Waals surface area (Å²) < 4.78 is 5.66. The van der Waals surface area contributed by atoms with Gasteiger partial charge in [-0.1, -0.05) is 42.5 Å². The van der Waals surface area contributed by atoms with Crippen LogP contribution in [0.1, 0.15) is 29.8 Å². The zero-order valence-electron chi connectivity index (χ0n) is 13.9. The van der Waals surface area contributed by atoms with Crippen molar-refractivity contribution in [2.75, 3.05) is 6.54 Å². The molecule has 0 unspecified atom stereocenters. The van der Waals surface area contributed by atoms with Gasteiger partial charge in [0.25, 0.3) is 5.91 Å². The van der Waals surface area contributed by atoms with Gasteiger partial charge in [0, 0.05) is 6.54 Å². The van der Waals surface area contributed by atoms with Gasteiger partial charge < -0.3 is 10.1 Å². The van der Waals surface area contributed by atoms with Crippen LogP contribution in [0, 0.1) is 0 Å². The molecule has 0 heterocycles. The highest BCUT2D eigenvalue weighted by Crippen LogP contribution is 2.19. The van der Waals surface area contributed by atoms with Crippen molar-refractivity contribution in [1.82, 2.24) is 10.6 Å². The van der Waals surface area contributed by atoms with E-state index in [9.17, 15) is 4.79 Å². The van der Waals surface area contributed by atoms with E-state index < -0.39 is 0 Å². The van der Waals surface area contributed by atoms with E-state index in [1.54, 1.807) is 18.2 Å². The minimum Gasteiger partial charge on any atom is -0.490 e. The predicted octanol–water partition coefficient (Wildman–Crippen LogP) is 3.32. The summed E-state index contributed by atoms with van der Waals surface area (Å²) >= 11 is 5.19. The standard InChI is InChI=1S/C19H22N2O2S/c1-14(2)23-17-11-7-6-10-16(17)18(22)21-19(24)20-13-12-15-8-4-3-5-9-15/h3-11,14H,12-13H2,1-2H3,(H2,20,21,22,24). The minimum absolute atomic E-state index is 0.00472. The highest BCUT2D eigenvalue weighted by molar-refractivity contribution is 7.80. The van der Waals surface area contributed by atoms with E-state index in [4.69, 9.17) is 17.0 Å². The van der Waals surface area contributed by atoms with Crippen LogP contribution in [0.2, 0.25) is 0 Å². The van der Waals surface area contributed by atoms with Gasteiger partial charge in [-0.3, -0.25) is 10.1 Å². The summed E-state index contributed by atoms with van der Waals surface area (Å²) in [6, 6.07) is 17.2. The number of ether oxygens (including phenoxy) is 1. The van der Waals surface area contributed by atoms with Crippen LogP contribution in [0.15, 0.2) is 54.6 Å². The molecule has 126 valence electrons. The lowest BCUT2D eigenvalue weighted by molar-refractivity contribution is 0.0971. The molecule has 24 heavy (non-hydrogen) atoms. The third kappa shape index (κ3) is 5.66. The van der Waals surface area contributed by atoms with Crippen LogP contribution in [-0.4, -0.2) is 23.7 Å². The maximum atomic E-state index is 12.4. The number of carbonyl (C=O) groups excluding carboxylic acids is 1. The number of nitrogens with one attached hydrogen (secondary N) is 2. The number of para-hydroxylation sites is 1. The number of amides is 1. The number of rotatable bonds is 6. The molecule has 0 aromatic heterocycles. The second-order valence-corrected chi connectivity index (χ2v) is 6.02. The minimum atomic E-state index is -0.275. The van der Waals surface area contributed by atoms with Crippen LogP contribution in [0.4, 0.5) is 0 Å². The first kappa shape index (κ1) is 17.9. The molecule has 0 aliphatic heterocycles. The van der Waals surface area contributed by atoms with E-state index in [-0.39, 0.29) is 12.0 Å². The molecule has 4 nitrogen and oxygen atoms in total. The lowest BCUT2D eigenvalue weighted by Gasteiger charge is -2.14. The fourth-order valence-electron chi connectivity index (χ4n) is 2.19. The molecule has 0 aliphatic rings. The van der Waals surface area contributed by atoms with Crippen LogP contribution in [0.3, 0.4) is 0 Å². The van der Waals surface area contributed by atoms with E-state index in [0.717, 1.165) is 6.42 Å². The number of carbonyl (C=O) groups is 1. The van der Waals surface area contributed by atoms with Crippen LogP contribution in [-0.2, 0) is 6.42 Å². The van der Waals surface area contributed by atoms with Gasteiger partial charge in [-0.15, -0.1) is 0 Å². The molecular weight excluding hydrogens is 320 g/mol. The van der Waals surface area contributed by atoms with E-state index in [1.807, 2.05) is 38.1 Å². The van der Waals surface area contributed by atoms with Crippen LogP contribution in [0.5, 0.6) is 5.75 Å². The van der Waals surface area contributed by atoms with E-state index >= 15 is 0 Å². The van der Waals surface area contributed by atoms with Crippen molar-refractivity contribution in [3.8, 4) is 5.75 Å². The predicted molar refractivity (Wildman–Crippen MR) is 100 cm³/mol. The normalized spacial score (nSPS) is 10.3. The highest BCUT2D eigenvalue weighted by Gasteiger charge is 2.14. The summed E-state index contributed by atoms with van der Waals surface area (Å²) in [5.74, 6) is 0.278. The summed E-state index contributed by atoms with van der Waals surface area (Å²) in [6.07, 6.45) is 0.832. The van der Waals surface area contributed by atoms with Crippen molar-refractivity contribution in [3.05, 3.63) is 65.7 Å². The van der Waals surface area contributed by atoms with Crippen molar-refractivity contribution in [2.24, 2.45) is 0 Å². The molecule has 0 saturated carbocycles. The first-order valence-electron chi connectivity index (χ1n) is 7.95. The quantitative estimate of drug-likeness (QED) is 0.791. The molecule has 0 aliphatic carbocycles. The average Bonchev–Trinajstić information content (AvgIpc) is 2.55. The number of hydrogen-bond acceptors (Lipinski definition) is 3. The van der Waals surface area contributed by atoms with Crippen LogP contribution < -0.4 is 15.4 Å². The molecule has 0 saturated heterocycles. The Kier molecular flexibility index (Phi) is 6.75. The maximum absolute atomic E-state index is 12.4. The van der Waals surface area contributed by atoms with Gasteiger partial charge in [-0.2, -0.15) is 0 Å². The zero-order chi connectivity index (χ0) is 17.4. The Labute approximate surface area is 148 Å². The van der Waals surface area contributed by atoms with Crippen molar-refractivity contribution >= 4 is 23.2 Å². The van der Waals surface area contributed by atoms with Crippen molar-refractivity contribution in [2.45, 2.75) is 26.4 Å². The van der Waals surface area contributed by atoms with Crippen LogP contribution >= 0.6 is 12.2 Å². The Balaban J connectivity index is 1.86. The molecule has 2 aromatic carbocycles. The van der Waals surface area contributed by atoms with Gasteiger partial charge in [-0.05, 0) is 50.2 Å². The van der Waals surface area contributed by atoms with Gasteiger partial charge in [0.05, 0.1) is 11.7 Å². The van der Waals surface area contributed by atoms with E-state index in [1.165, 1.54) is 5.56 Å². The van der Waals surface area contributed by atoms with E-state index in [0.29, 0.717) is 23.0 Å². The molecule has 5 heteroatoms. The lowest BCUT2D eigenvalue weighted by atomic mass is 10.1. The second-order valence-electron chi connectivity index (χ2n) is 5.61. The first-order valence-corrected chi connectivity index (χ1v) is 8.36. The zero-order valence-corrected chi connectivity index (χ0v) is 14.7. The molecule has 2 N–H and O–H groups in total. The van der Waals surface area contributed by atoms with Crippen molar-refractivity contribution < 1.29 is 9.53 Å². The average molecular weight is 342 g/mol. The van der Waals surface area contributed by atoms with Gasteiger partial charge in [0.15, 0.2) is 5.11 Å². The van der Waals surface area contributed by atoms with Crippen LogP contribution in [0.25, 0.3) is 0 Å². The molecular formula is C19H22N2O2S. The summed E-state index contributed by atoms with van der Waals surface area (Å²) in [5.41, 5.74) is 1.69. The van der Waals surface area contributed by atoms with Gasteiger partial charge in [-0.25, -0.2) is 0 Å². The summed E-state index contributed by atoms with van der Waals surface area (Å²) in [6.45, 7) is 4.50. The van der Waals surface area contributed by atoms with E-state index in [2.05, 4.69) is 22.8 Å². The van der Waals surface area contributed by atoms with Gasteiger partial charge >= 0.3 is 0 Å². The monoisotopic (exact) mass is 342 g/mol. The number of hydrogen-bond donors (Lipinski definition) is 2. The Hall–Kier alpha value is -2.40. The van der Waals surface area contributed by atoms with Crippen molar-refractivity contribution in [3.63, 3.8) is 0 Å². The molecule has 0 radical (unpaired) electrons. The SMILES string of the molecule is CC(C)Oc1ccccc1C(=O)NC(=S)NCCc1ccccc1. The summed E-state index contributed by atoms with van der Waals surface area (Å²) in [7, 11) is 0. The smallest absolute Gasteiger partial charge is 0.261 e. The lowest BCUT2D eigenvalue weighted by Crippen LogP contribution is -2.40. The topological polar surface area (TPSA) is 50.4 Å². The molecule has 0 atom stereocenters. The Morgan fingerprint density at radius 1 is 1.08 bits per heavy atom. The maximum Gasteiger partial charge on any atom is 0.261 e. The second kappa shape index (κ2) is 9.03. The molecule has 0 spiro atoms. The largest absolute Gasteiger partial charge is 0.490 e. The molecule has 1 amide bonds. The Bertz CT molecular complexity index is 687.